The Morgan fingerprint density at radius 1 is 1.30 bits per heavy atom. The van der Waals surface area contributed by atoms with E-state index in [0.717, 1.165) is 31.2 Å². The van der Waals surface area contributed by atoms with E-state index >= 15 is 0 Å². The SMILES string of the molecule is CCNC(=NCc1ccc(C)c(F)c1)NCCN(C)C(C)C.I. The average Bonchev–Trinajstić information content (AvgIpc) is 2.47. The van der Waals surface area contributed by atoms with Crippen LogP contribution < -0.4 is 10.6 Å². The van der Waals surface area contributed by atoms with Crippen molar-refractivity contribution in [3.8, 4) is 0 Å². The molecule has 1 rings (SSSR count). The zero-order valence-corrected chi connectivity index (χ0v) is 17.1. The van der Waals surface area contributed by atoms with Gasteiger partial charge < -0.3 is 15.5 Å². The van der Waals surface area contributed by atoms with Gasteiger partial charge in [-0.1, -0.05) is 12.1 Å². The molecule has 0 aliphatic carbocycles. The normalized spacial score (nSPS) is 11.6. The number of aryl methyl sites for hydroxylation is 1. The first-order valence-electron chi connectivity index (χ1n) is 7.91. The van der Waals surface area contributed by atoms with E-state index in [1.54, 1.807) is 19.1 Å². The van der Waals surface area contributed by atoms with Crippen molar-refractivity contribution >= 4 is 29.9 Å². The first kappa shape index (κ1) is 22.1. The van der Waals surface area contributed by atoms with Gasteiger partial charge in [0.25, 0.3) is 0 Å². The Kier molecular flexibility index (Phi) is 11.2. The van der Waals surface area contributed by atoms with Crippen molar-refractivity contribution in [2.75, 3.05) is 26.7 Å². The summed E-state index contributed by atoms with van der Waals surface area (Å²) in [4.78, 5) is 6.78. The van der Waals surface area contributed by atoms with Gasteiger partial charge in [0.2, 0.25) is 0 Å². The number of benzene rings is 1. The number of hydrogen-bond acceptors (Lipinski definition) is 2. The lowest BCUT2D eigenvalue weighted by molar-refractivity contribution is 0.278. The zero-order chi connectivity index (χ0) is 16.5. The van der Waals surface area contributed by atoms with Crippen molar-refractivity contribution < 1.29 is 4.39 Å². The summed E-state index contributed by atoms with van der Waals surface area (Å²) < 4.78 is 13.5. The standard InChI is InChI=1S/C17H29FN4.HI/c1-6-19-17(20-9-10-22(5)13(2)3)21-12-15-8-7-14(4)16(18)11-15;/h7-8,11,13H,6,9-10,12H2,1-5H3,(H2,19,20,21);1H. The van der Waals surface area contributed by atoms with Crippen LogP contribution in [0.25, 0.3) is 0 Å². The molecule has 0 bridgehead atoms. The van der Waals surface area contributed by atoms with Gasteiger partial charge in [0.1, 0.15) is 5.82 Å². The van der Waals surface area contributed by atoms with Crippen LogP contribution >= 0.6 is 24.0 Å². The summed E-state index contributed by atoms with van der Waals surface area (Å²) in [6.45, 7) is 11.2. The second kappa shape index (κ2) is 11.6. The Morgan fingerprint density at radius 3 is 2.57 bits per heavy atom. The predicted molar refractivity (Wildman–Crippen MR) is 107 cm³/mol. The molecule has 1 aromatic rings. The Balaban J connectivity index is 0.00000484. The maximum Gasteiger partial charge on any atom is 0.191 e. The second-order valence-electron chi connectivity index (χ2n) is 5.78. The Bertz CT molecular complexity index is 491. The Morgan fingerprint density at radius 2 is 2.00 bits per heavy atom. The highest BCUT2D eigenvalue weighted by atomic mass is 127. The number of nitrogens with zero attached hydrogens (tertiary/aromatic N) is 2. The van der Waals surface area contributed by atoms with Crippen molar-refractivity contribution in [1.82, 2.24) is 15.5 Å². The molecule has 2 N–H and O–H groups in total. The van der Waals surface area contributed by atoms with Crippen molar-refractivity contribution in [2.45, 2.75) is 40.3 Å². The minimum absolute atomic E-state index is 0. The second-order valence-corrected chi connectivity index (χ2v) is 5.78. The minimum atomic E-state index is -0.177. The number of aliphatic imine (C=N–C) groups is 1. The molecule has 0 fully saturated rings. The molecule has 0 radical (unpaired) electrons. The molecule has 4 nitrogen and oxygen atoms in total. The van der Waals surface area contributed by atoms with E-state index in [0.29, 0.717) is 18.2 Å². The van der Waals surface area contributed by atoms with Gasteiger partial charge in [-0.25, -0.2) is 9.38 Å². The van der Waals surface area contributed by atoms with Crippen molar-refractivity contribution in [2.24, 2.45) is 4.99 Å². The molecular formula is C17H30FIN4. The van der Waals surface area contributed by atoms with Crippen LogP contribution in [-0.2, 0) is 6.54 Å². The van der Waals surface area contributed by atoms with Gasteiger partial charge in [-0.3, -0.25) is 0 Å². The van der Waals surface area contributed by atoms with E-state index in [-0.39, 0.29) is 29.8 Å². The average molecular weight is 436 g/mol. The molecule has 0 aromatic heterocycles. The summed E-state index contributed by atoms with van der Waals surface area (Å²) in [5.41, 5.74) is 1.54. The summed E-state index contributed by atoms with van der Waals surface area (Å²) in [6, 6.07) is 5.78. The minimum Gasteiger partial charge on any atom is -0.357 e. The first-order chi connectivity index (χ1) is 10.4. The van der Waals surface area contributed by atoms with E-state index in [4.69, 9.17) is 0 Å². The van der Waals surface area contributed by atoms with E-state index in [2.05, 4.69) is 41.4 Å². The van der Waals surface area contributed by atoms with Crippen LogP contribution in [-0.4, -0.2) is 43.6 Å². The number of likely N-dealkylation sites (N-methyl/N-ethyl adjacent to an activating group) is 1. The van der Waals surface area contributed by atoms with Gasteiger partial charge in [0, 0.05) is 25.7 Å². The van der Waals surface area contributed by atoms with E-state index in [1.165, 1.54) is 0 Å². The van der Waals surface area contributed by atoms with Gasteiger partial charge in [-0.05, 0) is 51.9 Å². The molecule has 0 saturated heterocycles. The van der Waals surface area contributed by atoms with Crippen LogP contribution in [0.3, 0.4) is 0 Å². The lowest BCUT2D eigenvalue weighted by atomic mass is 10.1. The van der Waals surface area contributed by atoms with Gasteiger partial charge in [-0.15, -0.1) is 24.0 Å². The van der Waals surface area contributed by atoms with E-state index in [9.17, 15) is 4.39 Å². The molecule has 6 heteroatoms. The molecule has 0 amide bonds. The summed E-state index contributed by atoms with van der Waals surface area (Å²) in [6.07, 6.45) is 0. The number of guanidine groups is 1. The molecule has 0 spiro atoms. The van der Waals surface area contributed by atoms with Crippen LogP contribution in [0.5, 0.6) is 0 Å². The summed E-state index contributed by atoms with van der Waals surface area (Å²) in [5, 5.41) is 6.51. The fourth-order valence-electron chi connectivity index (χ4n) is 1.86. The Hall–Kier alpha value is -0.890. The third kappa shape index (κ3) is 8.50. The molecule has 1 aromatic carbocycles. The van der Waals surface area contributed by atoms with Gasteiger partial charge >= 0.3 is 0 Å². The third-order valence-corrected chi connectivity index (χ3v) is 3.64. The lowest BCUT2D eigenvalue weighted by Gasteiger charge is -2.21. The molecule has 0 aliphatic rings. The number of nitrogens with one attached hydrogen (secondary N) is 2. The molecule has 23 heavy (non-hydrogen) atoms. The molecule has 0 atom stereocenters. The van der Waals surface area contributed by atoms with Crippen LogP contribution in [0.4, 0.5) is 4.39 Å². The van der Waals surface area contributed by atoms with E-state index < -0.39 is 0 Å². The summed E-state index contributed by atoms with van der Waals surface area (Å²) >= 11 is 0. The van der Waals surface area contributed by atoms with Gasteiger partial charge in [-0.2, -0.15) is 0 Å². The predicted octanol–water partition coefficient (Wildman–Crippen LogP) is 3.15. The topological polar surface area (TPSA) is 39.7 Å². The number of halogens is 2. The molecule has 132 valence electrons. The monoisotopic (exact) mass is 436 g/mol. The summed E-state index contributed by atoms with van der Waals surface area (Å²) in [7, 11) is 2.10. The highest BCUT2D eigenvalue weighted by Crippen LogP contribution is 2.09. The fraction of sp³-hybridized carbons (Fsp3) is 0.588. The molecule has 0 saturated carbocycles. The third-order valence-electron chi connectivity index (χ3n) is 3.64. The van der Waals surface area contributed by atoms with Crippen LogP contribution in [0, 0.1) is 12.7 Å². The van der Waals surface area contributed by atoms with Crippen LogP contribution in [0.2, 0.25) is 0 Å². The lowest BCUT2D eigenvalue weighted by Crippen LogP contribution is -2.42. The van der Waals surface area contributed by atoms with E-state index in [1.807, 2.05) is 13.0 Å². The molecule has 0 heterocycles. The number of rotatable bonds is 7. The van der Waals surface area contributed by atoms with Crippen molar-refractivity contribution in [3.05, 3.63) is 35.1 Å². The van der Waals surface area contributed by atoms with Crippen molar-refractivity contribution in [3.63, 3.8) is 0 Å². The quantitative estimate of drug-likeness (QED) is 0.392. The Labute approximate surface area is 157 Å². The van der Waals surface area contributed by atoms with Crippen LogP contribution in [0.15, 0.2) is 23.2 Å². The molecular weight excluding hydrogens is 406 g/mol. The fourth-order valence-corrected chi connectivity index (χ4v) is 1.86. The van der Waals surface area contributed by atoms with Gasteiger partial charge in [0.05, 0.1) is 6.54 Å². The largest absolute Gasteiger partial charge is 0.357 e. The summed E-state index contributed by atoms with van der Waals surface area (Å²) in [5.74, 6) is 0.588. The maximum atomic E-state index is 13.5. The van der Waals surface area contributed by atoms with Crippen LogP contribution in [0.1, 0.15) is 31.9 Å². The molecule has 0 aliphatic heterocycles. The smallest absolute Gasteiger partial charge is 0.191 e. The highest BCUT2D eigenvalue weighted by molar-refractivity contribution is 14.0. The first-order valence-corrected chi connectivity index (χ1v) is 7.91. The number of hydrogen-bond donors (Lipinski definition) is 2. The van der Waals surface area contributed by atoms with Crippen molar-refractivity contribution in [1.29, 1.82) is 0 Å². The zero-order valence-electron chi connectivity index (χ0n) is 14.8. The highest BCUT2D eigenvalue weighted by Gasteiger charge is 2.04. The molecule has 0 unspecified atom stereocenters. The maximum absolute atomic E-state index is 13.5. The van der Waals surface area contributed by atoms with Gasteiger partial charge in [0.15, 0.2) is 5.96 Å².